The van der Waals surface area contributed by atoms with Crippen molar-refractivity contribution in [2.75, 3.05) is 48.4 Å². The van der Waals surface area contributed by atoms with Gasteiger partial charge < -0.3 is 14.5 Å². The molecule has 8 nitrogen and oxygen atoms in total. The number of aryl methyl sites for hydroxylation is 1. The van der Waals surface area contributed by atoms with E-state index in [2.05, 4.69) is 62.1 Å². The van der Waals surface area contributed by atoms with Crippen LogP contribution in [0.25, 0.3) is 11.3 Å². The minimum Gasteiger partial charge on any atom is -0.378 e. The van der Waals surface area contributed by atoms with Crippen LogP contribution < -0.4 is 9.80 Å². The minimum absolute atomic E-state index is 0.105. The second kappa shape index (κ2) is 10.1. The van der Waals surface area contributed by atoms with Crippen molar-refractivity contribution in [3.05, 3.63) is 34.2 Å². The van der Waals surface area contributed by atoms with E-state index in [1.54, 1.807) is 11.3 Å². The van der Waals surface area contributed by atoms with Crippen molar-refractivity contribution in [2.24, 2.45) is 5.92 Å². The van der Waals surface area contributed by atoms with Gasteiger partial charge in [0.25, 0.3) is 0 Å². The number of rotatable bonds is 7. The molecule has 2 aliphatic rings. The summed E-state index contributed by atoms with van der Waals surface area (Å²) in [5, 5.41) is 12.9. The summed E-state index contributed by atoms with van der Waals surface area (Å²) in [5.41, 5.74) is 4.34. The molecule has 2 aromatic heterocycles. The van der Waals surface area contributed by atoms with Crippen LogP contribution in [0.4, 0.5) is 11.6 Å². The average Bonchev–Trinajstić information content (AvgIpc) is 3.56. The highest BCUT2D eigenvalue weighted by molar-refractivity contribution is 7.99. The molecule has 0 bridgehead atoms. The van der Waals surface area contributed by atoms with Gasteiger partial charge in [0.05, 0.1) is 29.7 Å². The molecule has 180 valence electrons. The third-order valence-electron chi connectivity index (χ3n) is 6.05. The van der Waals surface area contributed by atoms with Crippen LogP contribution in [0.5, 0.6) is 0 Å². The summed E-state index contributed by atoms with van der Waals surface area (Å²) in [4.78, 5) is 21.9. The van der Waals surface area contributed by atoms with Gasteiger partial charge in [-0.3, -0.25) is 9.36 Å². The number of amides is 1. The first-order chi connectivity index (χ1) is 16.5. The van der Waals surface area contributed by atoms with Crippen LogP contribution in [0, 0.1) is 12.8 Å². The van der Waals surface area contributed by atoms with Gasteiger partial charge in [-0.2, -0.15) is 0 Å². The number of fused-ring (bicyclic) bond motifs is 1. The van der Waals surface area contributed by atoms with Gasteiger partial charge in [-0.05, 0) is 37.0 Å². The van der Waals surface area contributed by atoms with Gasteiger partial charge in [-0.25, -0.2) is 4.98 Å². The van der Waals surface area contributed by atoms with E-state index in [0.29, 0.717) is 31.4 Å². The third kappa shape index (κ3) is 4.85. The summed E-state index contributed by atoms with van der Waals surface area (Å²) in [6, 6.07) is 6.31. The van der Waals surface area contributed by atoms with Gasteiger partial charge in [-0.15, -0.1) is 21.5 Å². The molecule has 0 atom stereocenters. The van der Waals surface area contributed by atoms with E-state index in [1.807, 2.05) is 11.8 Å². The number of carbonyl (C=O) groups is 1. The van der Waals surface area contributed by atoms with Gasteiger partial charge in [0.1, 0.15) is 0 Å². The fourth-order valence-corrected chi connectivity index (χ4v) is 5.87. The first-order valence-corrected chi connectivity index (χ1v) is 13.6. The Morgan fingerprint density at radius 2 is 2.03 bits per heavy atom. The van der Waals surface area contributed by atoms with Crippen molar-refractivity contribution in [1.29, 1.82) is 0 Å². The van der Waals surface area contributed by atoms with Crippen LogP contribution in [0.1, 0.15) is 24.4 Å². The zero-order valence-corrected chi connectivity index (χ0v) is 21.5. The van der Waals surface area contributed by atoms with Gasteiger partial charge in [0.15, 0.2) is 5.16 Å². The maximum absolute atomic E-state index is 13.2. The molecule has 1 saturated heterocycles. The number of morpholine rings is 1. The lowest BCUT2D eigenvalue weighted by Gasteiger charge is -2.28. The summed E-state index contributed by atoms with van der Waals surface area (Å²) in [7, 11) is 0. The number of benzene rings is 1. The Labute approximate surface area is 208 Å². The minimum atomic E-state index is 0.105. The summed E-state index contributed by atoms with van der Waals surface area (Å²) >= 11 is 3.13. The van der Waals surface area contributed by atoms with Crippen LogP contribution in [-0.4, -0.2) is 64.3 Å². The number of thiazole rings is 1. The smallest absolute Gasteiger partial charge is 0.237 e. The molecule has 0 unspecified atom stereocenters. The van der Waals surface area contributed by atoms with Crippen molar-refractivity contribution >= 4 is 40.6 Å². The molecule has 0 N–H and O–H groups in total. The second-order valence-electron chi connectivity index (χ2n) is 9.07. The maximum atomic E-state index is 13.2. The monoisotopic (exact) mass is 498 g/mol. The van der Waals surface area contributed by atoms with Crippen molar-refractivity contribution in [3.8, 4) is 11.3 Å². The number of aromatic nitrogens is 4. The first-order valence-electron chi connectivity index (χ1n) is 11.7. The van der Waals surface area contributed by atoms with E-state index in [1.165, 1.54) is 17.3 Å². The Balaban J connectivity index is 1.28. The number of nitrogens with zero attached hydrogens (tertiary/aromatic N) is 6. The Kier molecular flexibility index (Phi) is 6.89. The number of carbonyl (C=O) groups excluding carboxylic acids is 1. The standard InChI is InChI=1S/C24H30N6O2S2/c1-16(2)13-30-23(28-8-10-32-11-9-28)26-27-24(30)34-15-22(31)29-7-6-19-12-18(4-5-21(19)29)20-14-33-17(3)25-20/h4-5,12,14,16H,6-11,13,15H2,1-3H3. The van der Waals surface area contributed by atoms with E-state index in [0.717, 1.165) is 59.1 Å². The molecular formula is C24H30N6O2S2. The Morgan fingerprint density at radius 3 is 2.76 bits per heavy atom. The van der Waals surface area contributed by atoms with Crippen LogP contribution in [-0.2, 0) is 22.5 Å². The van der Waals surface area contributed by atoms with Crippen LogP contribution in [0.15, 0.2) is 28.7 Å². The Bertz CT molecular complexity index is 1170. The van der Waals surface area contributed by atoms with E-state index in [9.17, 15) is 4.79 Å². The van der Waals surface area contributed by atoms with E-state index >= 15 is 0 Å². The summed E-state index contributed by atoms with van der Waals surface area (Å²) < 4.78 is 7.65. The topological polar surface area (TPSA) is 76.4 Å². The van der Waals surface area contributed by atoms with E-state index in [4.69, 9.17) is 4.74 Å². The highest BCUT2D eigenvalue weighted by atomic mass is 32.2. The maximum Gasteiger partial charge on any atom is 0.237 e. The van der Waals surface area contributed by atoms with Crippen LogP contribution >= 0.6 is 23.1 Å². The highest BCUT2D eigenvalue weighted by Crippen LogP contribution is 2.34. The Hall–Kier alpha value is -2.43. The molecule has 10 heteroatoms. The number of hydrogen-bond acceptors (Lipinski definition) is 8. The molecule has 0 saturated carbocycles. The molecule has 34 heavy (non-hydrogen) atoms. The summed E-state index contributed by atoms with van der Waals surface area (Å²) in [5.74, 6) is 1.77. The SMILES string of the molecule is Cc1nc(-c2ccc3c(c2)CCN3C(=O)CSc2nnc(N3CCOCC3)n2CC(C)C)cs1. The largest absolute Gasteiger partial charge is 0.378 e. The lowest BCUT2D eigenvalue weighted by atomic mass is 10.1. The molecule has 1 amide bonds. The van der Waals surface area contributed by atoms with Gasteiger partial charge in [-0.1, -0.05) is 31.7 Å². The molecule has 0 aliphatic carbocycles. The zero-order chi connectivity index (χ0) is 23.7. The fourth-order valence-electron chi connectivity index (χ4n) is 4.43. The normalized spacial score (nSPS) is 15.9. The lowest BCUT2D eigenvalue weighted by Crippen LogP contribution is -2.38. The van der Waals surface area contributed by atoms with Crippen LogP contribution in [0.3, 0.4) is 0 Å². The van der Waals surface area contributed by atoms with Crippen molar-refractivity contribution < 1.29 is 9.53 Å². The number of hydrogen-bond donors (Lipinski definition) is 0. The summed E-state index contributed by atoms with van der Waals surface area (Å²) in [6.07, 6.45) is 0.868. The molecule has 0 radical (unpaired) electrons. The van der Waals surface area contributed by atoms with Crippen molar-refractivity contribution in [3.63, 3.8) is 0 Å². The summed E-state index contributed by atoms with van der Waals surface area (Å²) in [6.45, 7) is 11.0. The number of thioether (sulfide) groups is 1. The second-order valence-corrected chi connectivity index (χ2v) is 11.1. The molecule has 5 rings (SSSR count). The van der Waals surface area contributed by atoms with Crippen molar-refractivity contribution in [1.82, 2.24) is 19.7 Å². The molecule has 4 heterocycles. The number of anilines is 2. The van der Waals surface area contributed by atoms with Gasteiger partial charge in [0, 0.05) is 42.8 Å². The first kappa shape index (κ1) is 23.3. The van der Waals surface area contributed by atoms with E-state index < -0.39 is 0 Å². The van der Waals surface area contributed by atoms with Crippen molar-refractivity contribution in [2.45, 2.75) is 38.9 Å². The molecular weight excluding hydrogens is 468 g/mol. The molecule has 2 aliphatic heterocycles. The van der Waals surface area contributed by atoms with Gasteiger partial charge >= 0.3 is 0 Å². The molecule has 0 spiro atoms. The Morgan fingerprint density at radius 1 is 1.21 bits per heavy atom. The average molecular weight is 499 g/mol. The molecule has 3 aromatic rings. The fraction of sp³-hybridized carbons (Fsp3) is 0.500. The lowest BCUT2D eigenvalue weighted by molar-refractivity contribution is -0.116. The predicted octanol–water partition coefficient (Wildman–Crippen LogP) is 3.88. The van der Waals surface area contributed by atoms with Crippen LogP contribution in [0.2, 0.25) is 0 Å². The zero-order valence-electron chi connectivity index (χ0n) is 19.9. The quantitative estimate of drug-likeness (QED) is 0.458. The third-order valence-corrected chi connectivity index (χ3v) is 7.78. The van der Waals surface area contributed by atoms with E-state index in [-0.39, 0.29) is 5.91 Å². The highest BCUT2D eigenvalue weighted by Gasteiger charge is 2.27. The molecule has 1 aromatic carbocycles. The van der Waals surface area contributed by atoms with Gasteiger partial charge in [0.2, 0.25) is 11.9 Å². The predicted molar refractivity (Wildman–Crippen MR) is 137 cm³/mol. The molecule has 1 fully saturated rings. The number of ether oxygens (including phenoxy) is 1.